The molecular formula is C15H25N3O. The van der Waals surface area contributed by atoms with Gasteiger partial charge in [0, 0.05) is 24.5 Å². The predicted molar refractivity (Wildman–Crippen MR) is 77.0 cm³/mol. The molecule has 1 atom stereocenters. The molecule has 0 saturated heterocycles. The number of hydrogen-bond donors (Lipinski definition) is 1. The first-order valence-electron chi connectivity index (χ1n) is 7.13. The number of amides is 1. The zero-order valence-corrected chi connectivity index (χ0v) is 12.2. The second-order valence-corrected chi connectivity index (χ2v) is 5.85. The van der Waals surface area contributed by atoms with Crippen LogP contribution in [0.3, 0.4) is 0 Å². The molecule has 0 radical (unpaired) electrons. The Labute approximate surface area is 115 Å². The maximum Gasteiger partial charge on any atom is 0.242 e. The molecule has 1 saturated carbocycles. The summed E-state index contributed by atoms with van der Waals surface area (Å²) in [6.07, 6.45) is 8.75. The summed E-state index contributed by atoms with van der Waals surface area (Å²) < 4.78 is 1.94. The van der Waals surface area contributed by atoms with E-state index < -0.39 is 0 Å². The summed E-state index contributed by atoms with van der Waals surface area (Å²) >= 11 is 0. The number of nitrogens with zero attached hydrogens (tertiary/aromatic N) is 2. The maximum atomic E-state index is 12.2. The van der Waals surface area contributed by atoms with E-state index >= 15 is 0 Å². The van der Waals surface area contributed by atoms with Gasteiger partial charge in [0.25, 0.3) is 0 Å². The summed E-state index contributed by atoms with van der Waals surface area (Å²) in [5.74, 6) is 0.101. The number of carbonyl (C=O) groups is 1. The van der Waals surface area contributed by atoms with E-state index in [0.717, 1.165) is 6.54 Å². The van der Waals surface area contributed by atoms with Crippen LogP contribution in [0.2, 0.25) is 0 Å². The molecule has 0 aromatic carbocycles. The SMILES string of the molecule is CC(C(=O)NCC1(N(C)C)CCCC1)n1cccc1. The molecule has 0 spiro atoms. The van der Waals surface area contributed by atoms with Crippen molar-refractivity contribution < 1.29 is 4.79 Å². The molecule has 1 fully saturated rings. The Morgan fingerprint density at radius 1 is 1.32 bits per heavy atom. The van der Waals surface area contributed by atoms with Crippen LogP contribution in [0.15, 0.2) is 24.5 Å². The van der Waals surface area contributed by atoms with Crippen LogP contribution in [0.25, 0.3) is 0 Å². The molecule has 1 heterocycles. The zero-order valence-electron chi connectivity index (χ0n) is 12.2. The third-order valence-corrected chi connectivity index (χ3v) is 4.53. The van der Waals surface area contributed by atoms with Gasteiger partial charge in [-0.05, 0) is 46.0 Å². The van der Waals surface area contributed by atoms with Crippen molar-refractivity contribution in [2.24, 2.45) is 0 Å². The topological polar surface area (TPSA) is 37.3 Å². The van der Waals surface area contributed by atoms with Crippen molar-refractivity contribution in [1.82, 2.24) is 14.8 Å². The van der Waals surface area contributed by atoms with Crippen molar-refractivity contribution in [3.8, 4) is 0 Å². The molecule has 1 amide bonds. The molecule has 19 heavy (non-hydrogen) atoms. The van der Waals surface area contributed by atoms with Crippen molar-refractivity contribution in [3.63, 3.8) is 0 Å². The average Bonchev–Trinajstić information content (AvgIpc) is 3.06. The van der Waals surface area contributed by atoms with Gasteiger partial charge in [-0.15, -0.1) is 0 Å². The largest absolute Gasteiger partial charge is 0.352 e. The monoisotopic (exact) mass is 263 g/mol. The van der Waals surface area contributed by atoms with Gasteiger partial charge in [-0.2, -0.15) is 0 Å². The third-order valence-electron chi connectivity index (χ3n) is 4.53. The van der Waals surface area contributed by atoms with E-state index in [-0.39, 0.29) is 17.5 Å². The number of rotatable bonds is 5. The lowest BCUT2D eigenvalue weighted by Crippen LogP contribution is -2.51. The molecule has 2 rings (SSSR count). The fourth-order valence-electron chi connectivity index (χ4n) is 2.96. The number of likely N-dealkylation sites (N-methyl/N-ethyl adjacent to an activating group) is 1. The molecule has 106 valence electrons. The van der Waals surface area contributed by atoms with Crippen molar-refractivity contribution in [2.75, 3.05) is 20.6 Å². The third kappa shape index (κ3) is 3.00. The standard InChI is InChI=1S/C15H25N3O/c1-13(18-10-6-7-11-18)14(19)16-12-15(17(2)3)8-4-5-9-15/h6-7,10-11,13H,4-5,8-9,12H2,1-3H3,(H,16,19). The summed E-state index contributed by atoms with van der Waals surface area (Å²) in [4.78, 5) is 14.5. The van der Waals surface area contributed by atoms with Crippen LogP contribution in [0.4, 0.5) is 0 Å². The lowest BCUT2D eigenvalue weighted by atomic mass is 9.96. The second kappa shape index (κ2) is 5.78. The van der Waals surface area contributed by atoms with E-state index in [1.807, 2.05) is 36.0 Å². The van der Waals surface area contributed by atoms with Gasteiger partial charge in [0.1, 0.15) is 6.04 Å². The number of aromatic nitrogens is 1. The molecule has 1 aromatic heterocycles. The van der Waals surface area contributed by atoms with E-state index in [0.29, 0.717) is 0 Å². The Hall–Kier alpha value is -1.29. The Bertz CT molecular complexity index is 405. The van der Waals surface area contributed by atoms with Crippen LogP contribution in [0, 0.1) is 0 Å². The van der Waals surface area contributed by atoms with Gasteiger partial charge < -0.3 is 14.8 Å². The van der Waals surface area contributed by atoms with Gasteiger partial charge in [-0.1, -0.05) is 12.8 Å². The van der Waals surface area contributed by atoms with Crippen LogP contribution in [0.5, 0.6) is 0 Å². The molecule has 4 nitrogen and oxygen atoms in total. The van der Waals surface area contributed by atoms with Gasteiger partial charge >= 0.3 is 0 Å². The number of nitrogens with one attached hydrogen (secondary N) is 1. The minimum absolute atomic E-state index is 0.101. The van der Waals surface area contributed by atoms with E-state index in [4.69, 9.17) is 0 Å². The summed E-state index contributed by atoms with van der Waals surface area (Å²) in [5, 5.41) is 3.13. The lowest BCUT2D eigenvalue weighted by molar-refractivity contribution is -0.124. The highest BCUT2D eigenvalue weighted by Gasteiger charge is 2.36. The second-order valence-electron chi connectivity index (χ2n) is 5.85. The molecule has 1 unspecified atom stereocenters. The fraction of sp³-hybridized carbons (Fsp3) is 0.667. The number of carbonyl (C=O) groups excluding carboxylic acids is 1. The Morgan fingerprint density at radius 2 is 1.89 bits per heavy atom. The molecule has 1 N–H and O–H groups in total. The normalized spacial score (nSPS) is 19.6. The average molecular weight is 263 g/mol. The molecule has 0 aliphatic heterocycles. The minimum atomic E-state index is -0.143. The molecule has 1 aliphatic rings. The zero-order chi connectivity index (χ0) is 13.9. The van der Waals surface area contributed by atoms with Gasteiger partial charge in [0.15, 0.2) is 0 Å². The van der Waals surface area contributed by atoms with Crippen LogP contribution in [0.1, 0.15) is 38.6 Å². The predicted octanol–water partition coefficient (Wildman–Crippen LogP) is 2.04. The van der Waals surface area contributed by atoms with Gasteiger partial charge in [0.2, 0.25) is 5.91 Å². The lowest BCUT2D eigenvalue weighted by Gasteiger charge is -2.36. The Balaban J connectivity index is 1.92. The summed E-state index contributed by atoms with van der Waals surface area (Å²) in [6, 6.07) is 3.75. The van der Waals surface area contributed by atoms with E-state index in [9.17, 15) is 4.79 Å². The van der Waals surface area contributed by atoms with Crippen LogP contribution in [-0.2, 0) is 4.79 Å². The summed E-state index contributed by atoms with van der Waals surface area (Å²) in [6.45, 7) is 2.69. The van der Waals surface area contributed by atoms with Gasteiger partial charge in [-0.3, -0.25) is 4.79 Å². The molecule has 0 bridgehead atoms. The van der Waals surface area contributed by atoms with E-state index in [1.54, 1.807) is 0 Å². The van der Waals surface area contributed by atoms with Crippen molar-refractivity contribution in [3.05, 3.63) is 24.5 Å². The fourth-order valence-corrected chi connectivity index (χ4v) is 2.96. The Kier molecular flexibility index (Phi) is 4.30. The van der Waals surface area contributed by atoms with Crippen molar-refractivity contribution in [1.29, 1.82) is 0 Å². The molecular weight excluding hydrogens is 238 g/mol. The smallest absolute Gasteiger partial charge is 0.242 e. The molecule has 1 aromatic rings. The van der Waals surface area contributed by atoms with Crippen molar-refractivity contribution in [2.45, 2.75) is 44.2 Å². The minimum Gasteiger partial charge on any atom is -0.352 e. The molecule has 1 aliphatic carbocycles. The highest BCUT2D eigenvalue weighted by molar-refractivity contribution is 5.80. The highest BCUT2D eigenvalue weighted by Crippen LogP contribution is 2.33. The summed E-state index contributed by atoms with van der Waals surface area (Å²) in [7, 11) is 4.24. The quantitative estimate of drug-likeness (QED) is 0.882. The Morgan fingerprint density at radius 3 is 2.42 bits per heavy atom. The van der Waals surface area contributed by atoms with Crippen molar-refractivity contribution >= 4 is 5.91 Å². The maximum absolute atomic E-state index is 12.2. The van der Waals surface area contributed by atoms with E-state index in [1.165, 1.54) is 25.7 Å². The van der Waals surface area contributed by atoms with E-state index in [2.05, 4.69) is 24.3 Å². The first kappa shape index (κ1) is 14.1. The summed E-state index contributed by atoms with van der Waals surface area (Å²) in [5.41, 5.74) is 0.159. The van der Waals surface area contributed by atoms with Crippen LogP contribution >= 0.6 is 0 Å². The van der Waals surface area contributed by atoms with Gasteiger partial charge in [-0.25, -0.2) is 0 Å². The van der Waals surface area contributed by atoms with Gasteiger partial charge in [0.05, 0.1) is 0 Å². The van der Waals surface area contributed by atoms with Crippen LogP contribution in [-0.4, -0.2) is 41.6 Å². The number of hydrogen-bond acceptors (Lipinski definition) is 2. The first-order chi connectivity index (χ1) is 9.05. The van der Waals surface area contributed by atoms with Crippen LogP contribution < -0.4 is 5.32 Å². The highest BCUT2D eigenvalue weighted by atomic mass is 16.2. The first-order valence-corrected chi connectivity index (χ1v) is 7.13. The molecule has 4 heteroatoms.